The Labute approximate surface area is 149 Å². The molecule has 3 rings (SSSR count). The predicted molar refractivity (Wildman–Crippen MR) is 80.2 cm³/mol. The SMILES string of the molecule is O=P([O-])(CN1CCCCCC1)C1Cc2ccccc2C1.[Na+]. The molecule has 1 aromatic carbocycles. The normalized spacial score (nSPS) is 22.9. The quantitative estimate of drug-likeness (QED) is 0.565. The molecule has 0 aromatic heterocycles. The fourth-order valence-corrected chi connectivity index (χ4v) is 5.51. The first-order chi connectivity index (χ1) is 9.65. The number of likely N-dealkylation sites (tertiary alicyclic amines) is 1. The summed E-state index contributed by atoms with van der Waals surface area (Å²) in [5.74, 6) is 0. The van der Waals surface area contributed by atoms with Crippen molar-refractivity contribution in [1.82, 2.24) is 4.90 Å². The van der Waals surface area contributed by atoms with Crippen molar-refractivity contribution in [3.63, 3.8) is 0 Å². The monoisotopic (exact) mass is 315 g/mol. The number of fused-ring (bicyclic) bond motifs is 1. The predicted octanol–water partition coefficient (Wildman–Crippen LogP) is -0.370. The van der Waals surface area contributed by atoms with Crippen molar-refractivity contribution in [3.8, 4) is 0 Å². The second kappa shape index (κ2) is 7.77. The third kappa shape index (κ3) is 4.43. The van der Waals surface area contributed by atoms with Gasteiger partial charge in [0, 0.05) is 19.3 Å². The van der Waals surface area contributed by atoms with E-state index in [1.54, 1.807) is 0 Å². The van der Waals surface area contributed by atoms with Crippen LogP contribution in [0, 0.1) is 0 Å². The molecular weight excluding hydrogens is 292 g/mol. The maximum absolute atomic E-state index is 12.7. The summed E-state index contributed by atoms with van der Waals surface area (Å²) in [6.45, 7) is 1.90. The average molecular weight is 315 g/mol. The van der Waals surface area contributed by atoms with Gasteiger partial charge in [-0.05, 0) is 49.9 Å². The zero-order valence-corrected chi connectivity index (χ0v) is 15.9. The summed E-state index contributed by atoms with van der Waals surface area (Å²) in [5, 5.41) is 0. The van der Waals surface area contributed by atoms with Crippen LogP contribution in [0.5, 0.6) is 0 Å². The second-order valence-electron chi connectivity index (χ2n) is 6.23. The largest absolute Gasteiger partial charge is 1.00 e. The van der Waals surface area contributed by atoms with Crippen LogP contribution in [0.15, 0.2) is 24.3 Å². The molecule has 0 N–H and O–H groups in total. The van der Waals surface area contributed by atoms with E-state index in [0.717, 1.165) is 25.9 Å². The van der Waals surface area contributed by atoms with Gasteiger partial charge < -0.3 is 9.46 Å². The Balaban J connectivity index is 0.00000161. The molecule has 2 aliphatic rings. The van der Waals surface area contributed by atoms with Gasteiger partial charge in [-0.3, -0.25) is 4.90 Å². The van der Waals surface area contributed by atoms with E-state index in [1.807, 2.05) is 12.1 Å². The summed E-state index contributed by atoms with van der Waals surface area (Å²) in [4.78, 5) is 14.8. The van der Waals surface area contributed by atoms with Crippen molar-refractivity contribution in [3.05, 3.63) is 35.4 Å². The minimum atomic E-state index is -3.33. The van der Waals surface area contributed by atoms with Crippen LogP contribution in [0.1, 0.15) is 36.8 Å². The van der Waals surface area contributed by atoms with E-state index in [1.165, 1.54) is 24.0 Å². The Hall–Kier alpha value is 0.370. The van der Waals surface area contributed by atoms with Gasteiger partial charge in [0.15, 0.2) is 0 Å². The molecule has 0 amide bonds. The Kier molecular flexibility index (Phi) is 6.55. The van der Waals surface area contributed by atoms with E-state index in [0.29, 0.717) is 12.8 Å². The maximum atomic E-state index is 12.7. The fraction of sp³-hybridized carbons (Fsp3) is 0.625. The molecule has 5 heteroatoms. The number of hydrogen-bond donors (Lipinski definition) is 0. The molecule has 1 heterocycles. The van der Waals surface area contributed by atoms with Gasteiger partial charge in [0.05, 0.1) is 0 Å². The molecule has 1 fully saturated rings. The Morgan fingerprint density at radius 2 is 1.57 bits per heavy atom. The summed E-state index contributed by atoms with van der Waals surface area (Å²) >= 11 is 0. The molecule has 3 nitrogen and oxygen atoms in total. The first kappa shape index (κ1) is 17.7. The summed E-state index contributed by atoms with van der Waals surface area (Å²) < 4.78 is 12.7. The van der Waals surface area contributed by atoms with Gasteiger partial charge in [-0.1, -0.05) is 37.1 Å². The molecule has 1 aliphatic carbocycles. The summed E-state index contributed by atoms with van der Waals surface area (Å²) in [6.07, 6.45) is 6.49. The molecule has 1 atom stereocenters. The smallest absolute Gasteiger partial charge is 0.798 e. The average Bonchev–Trinajstić information content (AvgIpc) is 2.72. The molecule has 1 saturated heterocycles. The minimum Gasteiger partial charge on any atom is -0.798 e. The van der Waals surface area contributed by atoms with Crippen LogP contribution in [0.2, 0.25) is 0 Å². The first-order valence-corrected chi connectivity index (χ1v) is 9.62. The third-order valence-corrected chi connectivity index (χ3v) is 6.95. The fourth-order valence-electron chi connectivity index (χ4n) is 3.49. The molecule has 1 aromatic rings. The van der Waals surface area contributed by atoms with Gasteiger partial charge in [-0.2, -0.15) is 0 Å². The van der Waals surface area contributed by atoms with E-state index in [2.05, 4.69) is 17.0 Å². The van der Waals surface area contributed by atoms with Gasteiger partial charge in [0.2, 0.25) is 0 Å². The van der Waals surface area contributed by atoms with Crippen LogP contribution in [0.4, 0.5) is 0 Å². The van der Waals surface area contributed by atoms with Gasteiger partial charge in [0.1, 0.15) is 0 Å². The number of nitrogens with zero attached hydrogens (tertiary/aromatic N) is 1. The summed E-state index contributed by atoms with van der Waals surface area (Å²) in [5.41, 5.74) is 2.28. The van der Waals surface area contributed by atoms with Crippen LogP contribution < -0.4 is 34.5 Å². The van der Waals surface area contributed by atoms with E-state index in [4.69, 9.17) is 0 Å². The van der Waals surface area contributed by atoms with Crippen LogP contribution in [0.25, 0.3) is 0 Å². The molecule has 0 bridgehead atoms. The molecular formula is C16H23NNaO2P. The molecule has 21 heavy (non-hydrogen) atoms. The minimum absolute atomic E-state index is 0. The molecule has 110 valence electrons. The molecule has 1 unspecified atom stereocenters. The zero-order valence-electron chi connectivity index (χ0n) is 13.0. The number of hydrogen-bond acceptors (Lipinski definition) is 3. The van der Waals surface area contributed by atoms with Crippen molar-refractivity contribution >= 4 is 7.37 Å². The van der Waals surface area contributed by atoms with E-state index in [-0.39, 0.29) is 41.5 Å². The van der Waals surface area contributed by atoms with Gasteiger partial charge in [-0.25, -0.2) is 0 Å². The topological polar surface area (TPSA) is 43.4 Å². The third-order valence-electron chi connectivity index (χ3n) is 4.68. The van der Waals surface area contributed by atoms with E-state index < -0.39 is 7.37 Å². The van der Waals surface area contributed by atoms with Crippen molar-refractivity contribution < 1.29 is 39.0 Å². The van der Waals surface area contributed by atoms with Crippen molar-refractivity contribution in [2.75, 3.05) is 19.4 Å². The van der Waals surface area contributed by atoms with Crippen LogP contribution in [0.3, 0.4) is 0 Å². The van der Waals surface area contributed by atoms with Gasteiger partial charge in [0.25, 0.3) is 0 Å². The summed E-state index contributed by atoms with van der Waals surface area (Å²) in [6, 6.07) is 8.15. The Morgan fingerprint density at radius 1 is 1.05 bits per heavy atom. The molecule has 0 saturated carbocycles. The van der Waals surface area contributed by atoms with E-state index in [9.17, 15) is 9.46 Å². The zero-order chi connectivity index (χ0) is 14.0. The van der Waals surface area contributed by atoms with Crippen LogP contribution in [-0.2, 0) is 17.4 Å². The van der Waals surface area contributed by atoms with Crippen molar-refractivity contribution in [2.45, 2.75) is 44.2 Å². The van der Waals surface area contributed by atoms with E-state index >= 15 is 0 Å². The number of rotatable bonds is 3. The molecule has 1 aliphatic heterocycles. The standard InChI is InChI=1S/C16H24NO2P.Na/c18-20(19,13-17-9-5-1-2-6-10-17)16-11-14-7-3-4-8-15(14)12-16;/h3-4,7-8,16H,1-2,5-6,9-13H2,(H,18,19);/q;+1/p-1. The van der Waals surface area contributed by atoms with Crippen molar-refractivity contribution in [1.29, 1.82) is 0 Å². The first-order valence-electron chi connectivity index (χ1n) is 7.74. The van der Waals surface area contributed by atoms with Crippen molar-refractivity contribution in [2.24, 2.45) is 0 Å². The Bertz CT molecular complexity index is 490. The number of benzene rings is 1. The Morgan fingerprint density at radius 3 is 2.10 bits per heavy atom. The molecule has 0 radical (unpaired) electrons. The maximum Gasteiger partial charge on any atom is 1.00 e. The second-order valence-corrected chi connectivity index (χ2v) is 8.70. The van der Waals surface area contributed by atoms with Gasteiger partial charge in [-0.15, -0.1) is 0 Å². The van der Waals surface area contributed by atoms with Crippen LogP contribution >= 0.6 is 7.37 Å². The van der Waals surface area contributed by atoms with Gasteiger partial charge >= 0.3 is 29.6 Å². The van der Waals surface area contributed by atoms with Crippen LogP contribution in [-0.4, -0.2) is 29.9 Å². The molecule has 0 spiro atoms. The summed E-state index contributed by atoms with van der Waals surface area (Å²) in [7, 11) is -3.33.